The average molecular weight is 277 g/mol. The van der Waals surface area contributed by atoms with E-state index in [1.165, 1.54) is 6.07 Å². The molecular formula is C11H17ClN2O2S. The summed E-state index contributed by atoms with van der Waals surface area (Å²) in [4.78, 5) is 0.256. The van der Waals surface area contributed by atoms with Crippen LogP contribution in [0.3, 0.4) is 0 Å². The maximum Gasteiger partial charge on any atom is 0.240 e. The van der Waals surface area contributed by atoms with Crippen LogP contribution in [-0.2, 0) is 10.0 Å². The second-order valence-corrected chi connectivity index (χ2v) is 6.25. The van der Waals surface area contributed by atoms with E-state index >= 15 is 0 Å². The molecule has 0 spiro atoms. The molecule has 0 saturated carbocycles. The van der Waals surface area contributed by atoms with Crippen LogP contribution in [0.1, 0.15) is 18.9 Å². The minimum absolute atomic E-state index is 0.0241. The lowest BCUT2D eigenvalue weighted by Crippen LogP contribution is -2.29. The minimum Gasteiger partial charge on any atom is -0.328 e. The molecule has 0 fully saturated rings. The van der Waals surface area contributed by atoms with Crippen molar-refractivity contribution in [3.63, 3.8) is 0 Å². The normalized spacial score (nSPS) is 13.6. The Morgan fingerprint density at radius 2 is 2.12 bits per heavy atom. The molecule has 0 saturated heterocycles. The number of hydrogen-bond acceptors (Lipinski definition) is 3. The van der Waals surface area contributed by atoms with Gasteiger partial charge in [0.25, 0.3) is 0 Å². The molecule has 6 heteroatoms. The summed E-state index contributed by atoms with van der Waals surface area (Å²) in [6.07, 6.45) is 0.603. The van der Waals surface area contributed by atoms with Crippen LogP contribution in [0, 0.1) is 6.92 Å². The highest BCUT2D eigenvalue weighted by Crippen LogP contribution is 2.19. The van der Waals surface area contributed by atoms with Crippen molar-refractivity contribution in [1.82, 2.24) is 4.72 Å². The predicted octanol–water partition coefficient (Wildman–Crippen LogP) is 1.66. The highest BCUT2D eigenvalue weighted by atomic mass is 35.5. The van der Waals surface area contributed by atoms with Gasteiger partial charge >= 0.3 is 0 Å². The molecule has 0 aliphatic carbocycles. The Hall–Kier alpha value is -0.620. The van der Waals surface area contributed by atoms with E-state index in [1.807, 2.05) is 6.92 Å². The first kappa shape index (κ1) is 14.4. The summed E-state index contributed by atoms with van der Waals surface area (Å²) in [5.74, 6) is 0. The summed E-state index contributed by atoms with van der Waals surface area (Å²) < 4.78 is 26.4. The van der Waals surface area contributed by atoms with E-state index in [1.54, 1.807) is 19.1 Å². The predicted molar refractivity (Wildman–Crippen MR) is 69.6 cm³/mol. The zero-order valence-electron chi connectivity index (χ0n) is 9.90. The van der Waals surface area contributed by atoms with Crippen LogP contribution in [0.25, 0.3) is 0 Å². The molecule has 0 aromatic heterocycles. The summed E-state index contributed by atoms with van der Waals surface area (Å²) in [6, 6.07) is 4.67. The molecular weight excluding hydrogens is 260 g/mol. The van der Waals surface area contributed by atoms with Crippen molar-refractivity contribution < 1.29 is 8.42 Å². The van der Waals surface area contributed by atoms with Gasteiger partial charge in [0.1, 0.15) is 0 Å². The lowest BCUT2D eigenvalue weighted by atomic mass is 10.2. The molecule has 0 aliphatic heterocycles. The number of hydrogen-bond donors (Lipinski definition) is 2. The number of nitrogens with one attached hydrogen (secondary N) is 1. The van der Waals surface area contributed by atoms with E-state index in [4.69, 9.17) is 17.3 Å². The van der Waals surface area contributed by atoms with Crippen molar-refractivity contribution in [3.8, 4) is 0 Å². The second-order valence-electron chi connectivity index (χ2n) is 4.07. The molecule has 1 aromatic rings. The first-order valence-corrected chi connectivity index (χ1v) is 7.20. The third-order valence-corrected chi connectivity index (χ3v) is 4.17. The molecule has 96 valence electrons. The lowest BCUT2D eigenvalue weighted by molar-refractivity contribution is 0.571. The fourth-order valence-electron chi connectivity index (χ4n) is 1.41. The van der Waals surface area contributed by atoms with E-state index in [0.717, 1.165) is 0 Å². The standard InChI is InChI=1S/C11H17ClN2O2S/c1-8-7-10(12)3-4-11(8)17(15,16)14-6-5-9(2)13/h3-4,7,9,14H,5-6,13H2,1-2H3. The van der Waals surface area contributed by atoms with Crippen LogP contribution in [0.15, 0.2) is 23.1 Å². The van der Waals surface area contributed by atoms with Gasteiger partial charge in [0, 0.05) is 17.6 Å². The number of sulfonamides is 1. The smallest absolute Gasteiger partial charge is 0.240 e. The first-order chi connectivity index (χ1) is 7.83. The summed E-state index contributed by atoms with van der Waals surface area (Å²) in [5, 5.41) is 0.525. The Balaban J connectivity index is 2.83. The van der Waals surface area contributed by atoms with Crippen molar-refractivity contribution in [1.29, 1.82) is 0 Å². The van der Waals surface area contributed by atoms with Crippen LogP contribution in [-0.4, -0.2) is 21.0 Å². The first-order valence-electron chi connectivity index (χ1n) is 5.34. The minimum atomic E-state index is -3.47. The van der Waals surface area contributed by atoms with Gasteiger partial charge in [-0.25, -0.2) is 13.1 Å². The van der Waals surface area contributed by atoms with Crippen LogP contribution >= 0.6 is 11.6 Å². The van der Waals surface area contributed by atoms with Gasteiger partial charge in [0.05, 0.1) is 4.90 Å². The van der Waals surface area contributed by atoms with Gasteiger partial charge in [0.15, 0.2) is 0 Å². The molecule has 1 aromatic carbocycles. The molecule has 1 rings (SSSR count). The molecule has 0 radical (unpaired) electrons. The Morgan fingerprint density at radius 3 is 2.65 bits per heavy atom. The summed E-state index contributed by atoms with van der Waals surface area (Å²) >= 11 is 5.78. The number of benzene rings is 1. The Morgan fingerprint density at radius 1 is 1.47 bits per heavy atom. The third-order valence-electron chi connectivity index (χ3n) is 2.32. The van der Waals surface area contributed by atoms with Gasteiger partial charge in [0.2, 0.25) is 10.0 Å². The van der Waals surface area contributed by atoms with Crippen molar-refractivity contribution in [2.24, 2.45) is 5.73 Å². The quantitative estimate of drug-likeness (QED) is 0.859. The highest BCUT2D eigenvalue weighted by Gasteiger charge is 2.16. The van der Waals surface area contributed by atoms with Gasteiger partial charge in [-0.05, 0) is 44.0 Å². The fourth-order valence-corrected chi connectivity index (χ4v) is 2.91. The van der Waals surface area contributed by atoms with Gasteiger partial charge in [-0.3, -0.25) is 0 Å². The van der Waals surface area contributed by atoms with Crippen molar-refractivity contribution in [2.45, 2.75) is 31.2 Å². The Kier molecular flexibility index (Phi) is 4.94. The van der Waals surface area contributed by atoms with Gasteiger partial charge in [-0.1, -0.05) is 11.6 Å². The summed E-state index contributed by atoms with van der Waals surface area (Å²) in [7, 11) is -3.47. The molecule has 0 bridgehead atoms. The summed E-state index contributed by atoms with van der Waals surface area (Å²) in [6.45, 7) is 3.88. The number of rotatable bonds is 5. The third kappa shape index (κ3) is 4.27. The monoisotopic (exact) mass is 276 g/mol. The van der Waals surface area contributed by atoms with Gasteiger partial charge in [-0.15, -0.1) is 0 Å². The largest absolute Gasteiger partial charge is 0.328 e. The van der Waals surface area contributed by atoms with E-state index < -0.39 is 10.0 Å². The molecule has 17 heavy (non-hydrogen) atoms. The molecule has 0 heterocycles. The second kappa shape index (κ2) is 5.82. The Labute approximate surface area is 107 Å². The number of aryl methyl sites for hydroxylation is 1. The molecule has 4 nitrogen and oxygen atoms in total. The molecule has 1 unspecified atom stereocenters. The number of halogens is 1. The van der Waals surface area contributed by atoms with Gasteiger partial charge < -0.3 is 5.73 Å². The topological polar surface area (TPSA) is 72.2 Å². The van der Waals surface area contributed by atoms with E-state index in [0.29, 0.717) is 23.6 Å². The molecule has 0 amide bonds. The SMILES string of the molecule is Cc1cc(Cl)ccc1S(=O)(=O)NCCC(C)N. The molecule has 1 atom stereocenters. The van der Waals surface area contributed by atoms with E-state index in [9.17, 15) is 8.42 Å². The van der Waals surface area contributed by atoms with E-state index in [2.05, 4.69) is 4.72 Å². The van der Waals surface area contributed by atoms with Crippen LogP contribution in [0.4, 0.5) is 0 Å². The summed E-state index contributed by atoms with van der Waals surface area (Å²) in [5.41, 5.74) is 6.19. The fraction of sp³-hybridized carbons (Fsp3) is 0.455. The maximum absolute atomic E-state index is 12.0. The zero-order valence-corrected chi connectivity index (χ0v) is 11.5. The van der Waals surface area contributed by atoms with Crippen LogP contribution in [0.5, 0.6) is 0 Å². The van der Waals surface area contributed by atoms with Crippen LogP contribution < -0.4 is 10.5 Å². The van der Waals surface area contributed by atoms with Crippen molar-refractivity contribution in [2.75, 3.05) is 6.54 Å². The Bertz CT molecular complexity index is 486. The van der Waals surface area contributed by atoms with Crippen molar-refractivity contribution >= 4 is 21.6 Å². The zero-order chi connectivity index (χ0) is 13.1. The van der Waals surface area contributed by atoms with E-state index in [-0.39, 0.29) is 10.9 Å². The molecule has 3 N–H and O–H groups in total. The van der Waals surface area contributed by atoms with Crippen molar-refractivity contribution in [3.05, 3.63) is 28.8 Å². The molecule has 0 aliphatic rings. The average Bonchev–Trinajstić information content (AvgIpc) is 2.15. The number of nitrogens with two attached hydrogens (primary N) is 1. The van der Waals surface area contributed by atoms with Crippen LogP contribution in [0.2, 0.25) is 5.02 Å². The highest BCUT2D eigenvalue weighted by molar-refractivity contribution is 7.89. The maximum atomic E-state index is 12.0. The lowest BCUT2D eigenvalue weighted by Gasteiger charge is -2.10. The van der Waals surface area contributed by atoms with Gasteiger partial charge in [-0.2, -0.15) is 0 Å².